The molecule has 1 rings (SSSR count). The van der Waals surface area contributed by atoms with Gasteiger partial charge in [0, 0.05) is 6.04 Å². The first kappa shape index (κ1) is 16.6. The molecule has 9 heteroatoms. The first-order chi connectivity index (χ1) is 8.73. The van der Waals surface area contributed by atoms with Crippen molar-refractivity contribution >= 4 is 10.0 Å². The Morgan fingerprint density at radius 3 is 2.53 bits per heavy atom. The molecule has 1 heterocycles. The van der Waals surface area contributed by atoms with E-state index in [1.807, 2.05) is 0 Å². The van der Waals surface area contributed by atoms with Crippen LogP contribution in [-0.2, 0) is 10.0 Å². The fraction of sp³-hybridized carbons (Fsp3) is 1.00. The molecule has 0 aliphatic carbocycles. The van der Waals surface area contributed by atoms with E-state index >= 15 is 0 Å². The zero-order valence-corrected chi connectivity index (χ0v) is 11.2. The highest BCUT2D eigenvalue weighted by Gasteiger charge is 2.41. The van der Waals surface area contributed by atoms with Crippen LogP contribution in [0.1, 0.15) is 25.7 Å². The molecule has 0 aromatic carbocycles. The summed E-state index contributed by atoms with van der Waals surface area (Å²) in [6.45, 7) is -0.757. The first-order valence-corrected chi connectivity index (χ1v) is 7.75. The Kier molecular flexibility index (Phi) is 6.00. The predicted molar refractivity (Wildman–Crippen MR) is 63.0 cm³/mol. The number of sulfonamides is 1. The van der Waals surface area contributed by atoms with Crippen LogP contribution in [-0.4, -0.2) is 45.6 Å². The van der Waals surface area contributed by atoms with Crippen molar-refractivity contribution in [2.45, 2.75) is 44.1 Å². The van der Waals surface area contributed by atoms with Gasteiger partial charge < -0.3 is 5.32 Å². The van der Waals surface area contributed by atoms with Crippen molar-refractivity contribution in [2.75, 3.05) is 18.8 Å². The molecule has 0 bridgehead atoms. The monoisotopic (exact) mass is 306 g/mol. The minimum Gasteiger partial charge on any atom is -0.314 e. The molecule has 1 fully saturated rings. The maximum absolute atomic E-state index is 12.6. The highest BCUT2D eigenvalue weighted by molar-refractivity contribution is 7.89. The maximum atomic E-state index is 12.6. The average Bonchev–Trinajstić information content (AvgIpc) is 2.36. The van der Waals surface area contributed by atoms with Crippen molar-refractivity contribution in [1.29, 1.82) is 0 Å². The van der Waals surface area contributed by atoms with Crippen LogP contribution in [0, 0.1) is 0 Å². The summed E-state index contributed by atoms with van der Waals surface area (Å²) in [6.07, 6.45) is -0.732. The quantitative estimate of drug-likeness (QED) is 0.698. The van der Waals surface area contributed by atoms with Crippen molar-refractivity contribution in [3.05, 3.63) is 0 Å². The Balaban J connectivity index is 2.35. The molecule has 1 saturated heterocycles. The molecule has 0 spiro atoms. The lowest BCUT2D eigenvalue weighted by Crippen LogP contribution is -2.43. The van der Waals surface area contributed by atoms with Gasteiger partial charge in [-0.2, -0.15) is 8.78 Å². The van der Waals surface area contributed by atoms with E-state index in [2.05, 4.69) is 5.32 Å². The topological polar surface area (TPSA) is 58.2 Å². The number of rotatable bonds is 7. The van der Waals surface area contributed by atoms with Gasteiger partial charge in [0.2, 0.25) is 10.0 Å². The second kappa shape index (κ2) is 6.85. The van der Waals surface area contributed by atoms with Crippen LogP contribution < -0.4 is 10.0 Å². The molecule has 0 aromatic heterocycles. The lowest BCUT2D eigenvalue weighted by atomic mass is 10.0. The van der Waals surface area contributed by atoms with E-state index in [4.69, 9.17) is 0 Å². The van der Waals surface area contributed by atoms with E-state index in [9.17, 15) is 26.0 Å². The highest BCUT2D eigenvalue weighted by atomic mass is 32.2. The van der Waals surface area contributed by atoms with Gasteiger partial charge in [-0.15, -0.1) is 0 Å². The maximum Gasteiger partial charge on any atom is 0.320 e. The normalized spacial score (nSPS) is 21.8. The van der Waals surface area contributed by atoms with E-state index in [1.54, 1.807) is 0 Å². The van der Waals surface area contributed by atoms with Crippen LogP contribution in [0.3, 0.4) is 0 Å². The number of piperidine rings is 1. The lowest BCUT2D eigenvalue weighted by molar-refractivity contribution is -0.122. The molecule has 1 unspecified atom stereocenters. The molecule has 0 amide bonds. The molecule has 2 N–H and O–H groups in total. The lowest BCUT2D eigenvalue weighted by Gasteiger charge is -2.23. The minimum absolute atomic E-state index is 0.0425. The van der Waals surface area contributed by atoms with Crippen molar-refractivity contribution < 1.29 is 26.0 Å². The Labute approximate surface area is 110 Å². The molecular weight excluding hydrogens is 288 g/mol. The van der Waals surface area contributed by atoms with E-state index in [0.29, 0.717) is 0 Å². The van der Waals surface area contributed by atoms with Gasteiger partial charge in [0.15, 0.2) is 0 Å². The van der Waals surface area contributed by atoms with Gasteiger partial charge in [0.05, 0.1) is 12.3 Å². The van der Waals surface area contributed by atoms with E-state index in [-0.39, 0.29) is 18.2 Å². The summed E-state index contributed by atoms with van der Waals surface area (Å²) in [5, 5.41) is 3.12. The van der Waals surface area contributed by atoms with Gasteiger partial charge in [-0.05, 0) is 25.8 Å². The zero-order chi connectivity index (χ0) is 14.5. The molecule has 1 aliphatic rings. The SMILES string of the molecule is O=S(=O)(CCC1CCCCN1)NCC(F)(F)C(F)F. The zero-order valence-electron chi connectivity index (χ0n) is 10.3. The molecule has 0 radical (unpaired) electrons. The number of halogens is 4. The summed E-state index contributed by atoms with van der Waals surface area (Å²) in [7, 11) is -3.95. The van der Waals surface area contributed by atoms with Crippen LogP contribution in [0.25, 0.3) is 0 Å². The second-order valence-corrected chi connectivity index (χ2v) is 6.56. The van der Waals surface area contributed by atoms with Crippen molar-refractivity contribution in [1.82, 2.24) is 10.0 Å². The van der Waals surface area contributed by atoms with Gasteiger partial charge in [-0.3, -0.25) is 0 Å². The molecule has 4 nitrogen and oxygen atoms in total. The van der Waals surface area contributed by atoms with Gasteiger partial charge in [0.1, 0.15) is 0 Å². The summed E-state index contributed by atoms with van der Waals surface area (Å²) in [6, 6.07) is 0.0425. The van der Waals surface area contributed by atoms with Crippen LogP contribution in [0.15, 0.2) is 0 Å². The molecule has 1 aliphatic heterocycles. The van der Waals surface area contributed by atoms with Gasteiger partial charge in [-0.25, -0.2) is 21.9 Å². The van der Waals surface area contributed by atoms with Crippen LogP contribution in [0.2, 0.25) is 0 Å². The van der Waals surface area contributed by atoms with E-state index in [1.165, 1.54) is 4.72 Å². The number of hydrogen-bond acceptors (Lipinski definition) is 3. The third kappa shape index (κ3) is 6.05. The molecule has 1 atom stereocenters. The number of alkyl halides is 4. The van der Waals surface area contributed by atoms with Crippen LogP contribution in [0.5, 0.6) is 0 Å². The molecule has 114 valence electrons. The Bertz CT molecular complexity index is 370. The Morgan fingerprint density at radius 1 is 1.32 bits per heavy atom. The van der Waals surface area contributed by atoms with E-state index in [0.717, 1.165) is 25.8 Å². The van der Waals surface area contributed by atoms with Crippen molar-refractivity contribution in [3.63, 3.8) is 0 Å². The number of nitrogens with one attached hydrogen (secondary N) is 2. The summed E-state index contributed by atoms with van der Waals surface area (Å²) in [4.78, 5) is 0. The fourth-order valence-electron chi connectivity index (χ4n) is 1.82. The minimum atomic E-state index is -4.34. The highest BCUT2D eigenvalue weighted by Crippen LogP contribution is 2.21. The molecule has 0 aromatic rings. The Hall–Kier alpha value is -0.410. The standard InChI is InChI=1S/C10H18F4N2O2S/c11-9(12)10(13,14)7-16-19(17,18)6-4-8-3-1-2-5-15-8/h8-9,15-16H,1-7H2. The molecule has 0 saturated carbocycles. The third-order valence-electron chi connectivity index (χ3n) is 2.99. The summed E-state index contributed by atoms with van der Waals surface area (Å²) in [5.41, 5.74) is 0. The molecular formula is C10H18F4N2O2S. The summed E-state index contributed by atoms with van der Waals surface area (Å²) >= 11 is 0. The smallest absolute Gasteiger partial charge is 0.314 e. The molecule has 19 heavy (non-hydrogen) atoms. The van der Waals surface area contributed by atoms with E-state index < -0.39 is 28.9 Å². The summed E-state index contributed by atoms with van der Waals surface area (Å²) < 4.78 is 73.3. The van der Waals surface area contributed by atoms with Crippen molar-refractivity contribution in [2.24, 2.45) is 0 Å². The average molecular weight is 306 g/mol. The predicted octanol–water partition coefficient (Wildman–Crippen LogP) is 1.34. The largest absolute Gasteiger partial charge is 0.320 e. The number of hydrogen-bond donors (Lipinski definition) is 2. The fourth-order valence-corrected chi connectivity index (χ4v) is 2.97. The first-order valence-electron chi connectivity index (χ1n) is 6.10. The van der Waals surface area contributed by atoms with Crippen molar-refractivity contribution in [3.8, 4) is 0 Å². The second-order valence-electron chi connectivity index (χ2n) is 4.64. The van der Waals surface area contributed by atoms with Gasteiger partial charge >= 0.3 is 12.3 Å². The van der Waals surface area contributed by atoms with Gasteiger partial charge in [0.25, 0.3) is 0 Å². The Morgan fingerprint density at radius 2 is 2.00 bits per heavy atom. The van der Waals surface area contributed by atoms with Crippen LogP contribution >= 0.6 is 0 Å². The van der Waals surface area contributed by atoms with Gasteiger partial charge in [-0.1, -0.05) is 6.42 Å². The summed E-state index contributed by atoms with van der Waals surface area (Å²) in [5.74, 6) is -4.68. The third-order valence-corrected chi connectivity index (χ3v) is 4.35. The van der Waals surface area contributed by atoms with Crippen LogP contribution in [0.4, 0.5) is 17.6 Å².